The predicted molar refractivity (Wildman–Crippen MR) is 85.0 cm³/mol. The van der Waals surface area contributed by atoms with Gasteiger partial charge in [0, 0.05) is 9.75 Å². The largest absolute Gasteiger partial charge is 0.465 e. The zero-order chi connectivity index (χ0) is 15.6. The smallest absolute Gasteiger partial charge is 0.341 e. The van der Waals surface area contributed by atoms with Gasteiger partial charge in [-0.2, -0.15) is 0 Å². The summed E-state index contributed by atoms with van der Waals surface area (Å²) in [7, 11) is 1.32. The Hall–Kier alpha value is -1.70. The lowest BCUT2D eigenvalue weighted by Gasteiger charge is -2.10. The Morgan fingerprint density at radius 2 is 2.10 bits per heavy atom. The average Bonchev–Trinajstić information content (AvgIpc) is 3.07. The van der Waals surface area contributed by atoms with Gasteiger partial charge in [-0.1, -0.05) is 6.07 Å². The molecule has 21 heavy (non-hydrogen) atoms. The third-order valence-corrected chi connectivity index (χ3v) is 5.22. The van der Waals surface area contributed by atoms with E-state index in [9.17, 15) is 9.59 Å². The van der Waals surface area contributed by atoms with Crippen molar-refractivity contribution in [2.24, 2.45) is 5.73 Å². The van der Waals surface area contributed by atoms with Crippen LogP contribution < -0.4 is 11.1 Å². The fraction of sp³-hybridized carbons (Fsp3) is 0.286. The number of amides is 1. The molecule has 2 aromatic rings. The summed E-state index contributed by atoms with van der Waals surface area (Å²) in [6, 6.07) is 2.89. The summed E-state index contributed by atoms with van der Waals surface area (Å²) >= 11 is 2.76. The predicted octanol–water partition coefficient (Wildman–Crippen LogP) is 2.85. The molecule has 5 nitrogen and oxygen atoms in total. The number of hydrogen-bond donors (Lipinski definition) is 2. The molecule has 0 fully saturated rings. The molecule has 7 heteroatoms. The van der Waals surface area contributed by atoms with Gasteiger partial charge in [-0.05, 0) is 30.9 Å². The van der Waals surface area contributed by atoms with Gasteiger partial charge in [0.15, 0.2) is 0 Å². The molecule has 3 N–H and O–H groups in total. The molecule has 0 spiro atoms. The lowest BCUT2D eigenvalue weighted by atomic mass is 10.1. The summed E-state index contributed by atoms with van der Waals surface area (Å²) in [5, 5.41) is 5.08. The topological polar surface area (TPSA) is 81.4 Å². The average molecular weight is 324 g/mol. The molecule has 0 radical (unpaired) electrons. The van der Waals surface area contributed by atoms with Crippen molar-refractivity contribution in [1.82, 2.24) is 0 Å². The molecule has 2 rings (SSSR count). The lowest BCUT2D eigenvalue weighted by molar-refractivity contribution is -0.117. The van der Waals surface area contributed by atoms with Gasteiger partial charge in [0.25, 0.3) is 0 Å². The van der Waals surface area contributed by atoms with Gasteiger partial charge in [0.05, 0.1) is 12.7 Å². The van der Waals surface area contributed by atoms with Crippen molar-refractivity contribution >= 4 is 39.6 Å². The van der Waals surface area contributed by atoms with E-state index in [1.54, 1.807) is 6.07 Å². The minimum atomic E-state index is -0.752. The Labute approximate surface area is 130 Å². The zero-order valence-electron chi connectivity index (χ0n) is 11.9. The number of rotatable bonds is 4. The Bertz CT molecular complexity index is 662. The minimum absolute atomic E-state index is 0.344. The molecule has 2 aromatic heterocycles. The van der Waals surface area contributed by atoms with Crippen molar-refractivity contribution in [3.05, 3.63) is 38.4 Å². The first-order chi connectivity index (χ1) is 9.95. The van der Waals surface area contributed by atoms with Crippen molar-refractivity contribution in [3.8, 4) is 0 Å². The summed E-state index contributed by atoms with van der Waals surface area (Å²) in [5.41, 5.74) is 7.13. The van der Waals surface area contributed by atoms with E-state index in [0.717, 1.165) is 15.3 Å². The number of anilines is 1. The van der Waals surface area contributed by atoms with Crippen LogP contribution in [0.15, 0.2) is 17.5 Å². The van der Waals surface area contributed by atoms with E-state index < -0.39 is 12.0 Å². The summed E-state index contributed by atoms with van der Waals surface area (Å²) < 4.78 is 4.77. The van der Waals surface area contributed by atoms with E-state index in [1.807, 2.05) is 25.3 Å². The number of ether oxygens (including phenoxy) is 1. The third kappa shape index (κ3) is 3.15. The SMILES string of the molecule is COC(=O)c1c(NC(=O)C(N)c2cccs2)sc(C)c1C. The molecule has 1 amide bonds. The molecular weight excluding hydrogens is 308 g/mol. The Balaban J connectivity index is 2.25. The lowest BCUT2D eigenvalue weighted by Crippen LogP contribution is -2.27. The second-order valence-electron chi connectivity index (χ2n) is 4.46. The summed E-state index contributed by atoms with van der Waals surface area (Å²) in [6.45, 7) is 3.72. The minimum Gasteiger partial charge on any atom is -0.465 e. The summed E-state index contributed by atoms with van der Waals surface area (Å²) in [5.74, 6) is -0.805. The van der Waals surface area contributed by atoms with Gasteiger partial charge < -0.3 is 15.8 Å². The third-order valence-electron chi connectivity index (χ3n) is 3.14. The van der Waals surface area contributed by atoms with Gasteiger partial charge in [0.2, 0.25) is 5.91 Å². The molecular formula is C14H16N2O3S2. The maximum absolute atomic E-state index is 12.2. The van der Waals surface area contributed by atoms with Crippen LogP contribution in [0.25, 0.3) is 0 Å². The van der Waals surface area contributed by atoms with Crippen LogP contribution in [-0.2, 0) is 9.53 Å². The van der Waals surface area contributed by atoms with Crippen molar-refractivity contribution in [2.45, 2.75) is 19.9 Å². The van der Waals surface area contributed by atoms with Gasteiger partial charge in [-0.25, -0.2) is 4.79 Å². The first-order valence-electron chi connectivity index (χ1n) is 6.23. The van der Waals surface area contributed by atoms with Crippen LogP contribution in [0.4, 0.5) is 5.00 Å². The summed E-state index contributed by atoms with van der Waals surface area (Å²) in [4.78, 5) is 25.8. The normalized spacial score (nSPS) is 12.0. The fourth-order valence-electron chi connectivity index (χ4n) is 1.85. The molecule has 0 aliphatic rings. The first kappa shape index (κ1) is 15.7. The number of hydrogen-bond acceptors (Lipinski definition) is 6. The molecule has 1 unspecified atom stereocenters. The van der Waals surface area contributed by atoms with Gasteiger partial charge in [0.1, 0.15) is 11.0 Å². The number of thiophene rings is 2. The molecule has 1 atom stereocenters. The second-order valence-corrected chi connectivity index (χ2v) is 6.67. The number of nitrogens with two attached hydrogens (primary N) is 1. The molecule has 112 valence electrons. The van der Waals surface area contributed by atoms with Crippen LogP contribution in [0, 0.1) is 13.8 Å². The van der Waals surface area contributed by atoms with Crippen LogP contribution in [0.1, 0.15) is 31.7 Å². The number of carbonyl (C=O) groups is 2. The van der Waals surface area contributed by atoms with Crippen LogP contribution in [0.5, 0.6) is 0 Å². The molecule has 0 bridgehead atoms. The number of esters is 1. The van der Waals surface area contributed by atoms with E-state index in [2.05, 4.69) is 5.32 Å². The number of carbonyl (C=O) groups excluding carboxylic acids is 2. The van der Waals surface area contributed by atoms with E-state index in [4.69, 9.17) is 10.5 Å². The van der Waals surface area contributed by atoms with Gasteiger partial charge >= 0.3 is 5.97 Å². The maximum atomic E-state index is 12.2. The Kier molecular flexibility index (Phi) is 4.76. The highest BCUT2D eigenvalue weighted by Crippen LogP contribution is 2.33. The number of methoxy groups -OCH3 is 1. The number of nitrogens with one attached hydrogen (secondary N) is 1. The van der Waals surface area contributed by atoms with Gasteiger partial charge in [-0.3, -0.25) is 4.79 Å². The van der Waals surface area contributed by atoms with Crippen molar-refractivity contribution in [2.75, 3.05) is 12.4 Å². The van der Waals surface area contributed by atoms with E-state index in [0.29, 0.717) is 10.6 Å². The van der Waals surface area contributed by atoms with E-state index in [-0.39, 0.29) is 5.91 Å². The first-order valence-corrected chi connectivity index (χ1v) is 7.93. The highest BCUT2D eigenvalue weighted by atomic mass is 32.1. The Morgan fingerprint density at radius 1 is 1.38 bits per heavy atom. The Morgan fingerprint density at radius 3 is 2.67 bits per heavy atom. The molecule has 2 heterocycles. The molecule has 0 aliphatic heterocycles. The standard InChI is InChI=1S/C14H16N2O3S2/c1-7-8(2)21-13(10(7)14(18)19-3)16-12(17)11(15)9-5-4-6-20-9/h4-6,11H,15H2,1-3H3,(H,16,17). The van der Waals surface area contributed by atoms with Crippen LogP contribution in [0.2, 0.25) is 0 Å². The zero-order valence-corrected chi connectivity index (χ0v) is 13.6. The van der Waals surface area contributed by atoms with Crippen LogP contribution in [0.3, 0.4) is 0 Å². The van der Waals surface area contributed by atoms with Crippen LogP contribution in [-0.4, -0.2) is 19.0 Å². The number of aryl methyl sites for hydroxylation is 1. The molecule has 0 saturated heterocycles. The molecule has 0 aliphatic carbocycles. The molecule has 0 aromatic carbocycles. The second kappa shape index (κ2) is 6.38. The fourth-order valence-corrected chi connectivity index (χ4v) is 3.63. The van der Waals surface area contributed by atoms with Crippen molar-refractivity contribution in [3.63, 3.8) is 0 Å². The maximum Gasteiger partial charge on any atom is 0.341 e. The van der Waals surface area contributed by atoms with Crippen LogP contribution >= 0.6 is 22.7 Å². The van der Waals surface area contributed by atoms with E-state index >= 15 is 0 Å². The van der Waals surface area contributed by atoms with Gasteiger partial charge in [-0.15, -0.1) is 22.7 Å². The highest BCUT2D eigenvalue weighted by molar-refractivity contribution is 7.16. The molecule has 0 saturated carbocycles. The monoisotopic (exact) mass is 324 g/mol. The summed E-state index contributed by atoms with van der Waals surface area (Å²) in [6.07, 6.45) is 0. The quantitative estimate of drug-likeness (QED) is 0.847. The van der Waals surface area contributed by atoms with Crippen molar-refractivity contribution < 1.29 is 14.3 Å². The van der Waals surface area contributed by atoms with Crippen molar-refractivity contribution in [1.29, 1.82) is 0 Å². The highest BCUT2D eigenvalue weighted by Gasteiger charge is 2.24. The van der Waals surface area contributed by atoms with E-state index in [1.165, 1.54) is 29.8 Å².